The quantitative estimate of drug-likeness (QED) is 0.136. The molecular weight excluding hydrogens is 478 g/mol. The zero-order valence-electron chi connectivity index (χ0n) is 21.9. The van der Waals surface area contributed by atoms with Gasteiger partial charge in [-0.15, -0.1) is 0 Å². The number of rotatable bonds is 4. The molecular formula is C36H27NO2. The lowest BCUT2D eigenvalue weighted by Crippen LogP contribution is -1.93. The van der Waals surface area contributed by atoms with E-state index in [2.05, 4.69) is 91.0 Å². The lowest BCUT2D eigenvalue weighted by atomic mass is 9.84. The fourth-order valence-electron chi connectivity index (χ4n) is 5.66. The molecule has 7 rings (SSSR count). The zero-order valence-corrected chi connectivity index (χ0v) is 21.9. The van der Waals surface area contributed by atoms with E-state index in [0.717, 1.165) is 16.3 Å². The van der Waals surface area contributed by atoms with Crippen LogP contribution in [0.4, 0.5) is 5.69 Å². The number of hydrogen-bond donors (Lipinski definition) is 0. The van der Waals surface area contributed by atoms with Gasteiger partial charge in [0.2, 0.25) is 0 Å². The van der Waals surface area contributed by atoms with Gasteiger partial charge in [0.1, 0.15) is 0 Å². The minimum Gasteiger partial charge on any atom is -0.258 e. The van der Waals surface area contributed by atoms with Gasteiger partial charge in [0.05, 0.1) is 10.5 Å². The summed E-state index contributed by atoms with van der Waals surface area (Å²) >= 11 is 0. The van der Waals surface area contributed by atoms with Crippen LogP contribution in [0.2, 0.25) is 0 Å². The first-order chi connectivity index (χ1) is 19.2. The molecule has 0 aliphatic heterocycles. The zero-order chi connectivity index (χ0) is 26.9. The molecule has 0 heterocycles. The Morgan fingerprint density at radius 1 is 0.487 bits per heavy atom. The summed E-state index contributed by atoms with van der Waals surface area (Å²) in [6.45, 7) is 4.00. The smallest absolute Gasteiger partial charge is 0.258 e. The van der Waals surface area contributed by atoms with Crippen molar-refractivity contribution in [3.63, 3.8) is 0 Å². The molecule has 0 saturated carbocycles. The first-order valence-electron chi connectivity index (χ1n) is 13.3. The molecule has 0 bridgehead atoms. The van der Waals surface area contributed by atoms with Crippen LogP contribution in [0.25, 0.3) is 65.7 Å². The van der Waals surface area contributed by atoms with Crippen LogP contribution in [0.3, 0.4) is 0 Å². The molecule has 0 aliphatic carbocycles. The Morgan fingerprint density at radius 3 is 1.49 bits per heavy atom. The van der Waals surface area contributed by atoms with Gasteiger partial charge in [-0.25, -0.2) is 0 Å². The minimum atomic E-state index is -0.308. The number of benzene rings is 7. The van der Waals surface area contributed by atoms with E-state index in [-0.39, 0.29) is 10.6 Å². The number of hydrogen-bond acceptors (Lipinski definition) is 2. The second-order valence-corrected chi connectivity index (χ2v) is 9.38. The van der Waals surface area contributed by atoms with Gasteiger partial charge >= 0.3 is 0 Å². The van der Waals surface area contributed by atoms with Crippen molar-refractivity contribution in [2.75, 3.05) is 0 Å². The monoisotopic (exact) mass is 505 g/mol. The highest BCUT2D eigenvalue weighted by molar-refractivity contribution is 6.28. The van der Waals surface area contributed by atoms with Crippen LogP contribution < -0.4 is 0 Å². The topological polar surface area (TPSA) is 43.1 Å². The van der Waals surface area contributed by atoms with Gasteiger partial charge in [-0.3, -0.25) is 10.1 Å². The average molecular weight is 506 g/mol. The van der Waals surface area contributed by atoms with Gasteiger partial charge in [-0.05, 0) is 84.4 Å². The van der Waals surface area contributed by atoms with Crippen molar-refractivity contribution in [3.8, 4) is 33.4 Å². The first kappa shape index (κ1) is 24.3. The fourth-order valence-corrected chi connectivity index (χ4v) is 5.66. The molecule has 3 nitrogen and oxygen atoms in total. The maximum absolute atomic E-state index is 11.7. The summed E-state index contributed by atoms with van der Waals surface area (Å²) < 4.78 is 0. The number of nitrogens with zero attached hydrogens (tertiary/aromatic N) is 1. The molecule has 188 valence electrons. The number of nitro benzene ring substituents is 1. The van der Waals surface area contributed by atoms with E-state index >= 15 is 0 Å². The highest BCUT2D eigenvalue weighted by Gasteiger charge is 2.19. The van der Waals surface area contributed by atoms with Gasteiger partial charge < -0.3 is 0 Å². The first-order valence-corrected chi connectivity index (χ1v) is 13.3. The maximum Gasteiger partial charge on any atom is 0.277 e. The standard InChI is InChI=1S/C34H21NO2.C2H6/c36-35(37)32-14-8-7-13-27(32)26-19-24-15-17-28-30(22-9-3-1-4-10-22)21-31(23-11-5-2-6-12-23)29-18-16-25(20-26)33(24)34(28)29;1-2/h1-21H;1-2H3. The van der Waals surface area contributed by atoms with Crippen LogP contribution in [0.5, 0.6) is 0 Å². The van der Waals surface area contributed by atoms with E-state index in [9.17, 15) is 10.1 Å². The van der Waals surface area contributed by atoms with Crippen LogP contribution in [0.15, 0.2) is 127 Å². The van der Waals surface area contributed by atoms with E-state index in [0.29, 0.717) is 5.56 Å². The van der Waals surface area contributed by atoms with Crippen LogP contribution in [-0.4, -0.2) is 4.92 Å². The molecule has 0 fully saturated rings. The van der Waals surface area contributed by atoms with E-state index in [4.69, 9.17) is 0 Å². The summed E-state index contributed by atoms with van der Waals surface area (Å²) in [5.41, 5.74) is 6.36. The Hall–Kier alpha value is -5.02. The molecule has 0 aliphatic rings. The molecule has 7 aromatic carbocycles. The lowest BCUT2D eigenvalue weighted by molar-refractivity contribution is -0.384. The molecule has 3 heteroatoms. The van der Waals surface area contributed by atoms with Crippen molar-refractivity contribution < 1.29 is 4.92 Å². The Morgan fingerprint density at radius 2 is 0.974 bits per heavy atom. The van der Waals surface area contributed by atoms with E-state index in [1.165, 1.54) is 43.8 Å². The third-order valence-corrected chi connectivity index (χ3v) is 7.30. The van der Waals surface area contributed by atoms with Gasteiger partial charge in [-0.2, -0.15) is 0 Å². The highest BCUT2D eigenvalue weighted by atomic mass is 16.6. The molecule has 0 spiro atoms. The summed E-state index contributed by atoms with van der Waals surface area (Å²) in [5, 5.41) is 18.7. The molecule has 7 aromatic rings. The number of para-hydroxylation sites is 1. The Labute approximate surface area is 227 Å². The second-order valence-electron chi connectivity index (χ2n) is 9.38. The molecule has 0 N–H and O–H groups in total. The minimum absolute atomic E-state index is 0.119. The third-order valence-electron chi connectivity index (χ3n) is 7.30. The van der Waals surface area contributed by atoms with E-state index in [1.54, 1.807) is 12.1 Å². The normalized spacial score (nSPS) is 11.0. The van der Waals surface area contributed by atoms with E-state index < -0.39 is 0 Å². The van der Waals surface area contributed by atoms with Gasteiger partial charge in [0.15, 0.2) is 0 Å². The second kappa shape index (κ2) is 10.0. The molecule has 0 radical (unpaired) electrons. The molecule has 0 atom stereocenters. The van der Waals surface area contributed by atoms with E-state index in [1.807, 2.05) is 38.1 Å². The summed E-state index contributed by atoms with van der Waals surface area (Å²) in [6, 6.07) is 43.2. The van der Waals surface area contributed by atoms with Gasteiger partial charge in [-0.1, -0.05) is 111 Å². The van der Waals surface area contributed by atoms with Gasteiger partial charge in [0.25, 0.3) is 5.69 Å². The third kappa shape index (κ3) is 4.09. The van der Waals surface area contributed by atoms with Crippen molar-refractivity contribution in [2.45, 2.75) is 13.8 Å². The van der Waals surface area contributed by atoms with Crippen molar-refractivity contribution >= 4 is 38.0 Å². The van der Waals surface area contributed by atoms with Crippen LogP contribution in [-0.2, 0) is 0 Å². The molecule has 0 amide bonds. The summed E-state index contributed by atoms with van der Waals surface area (Å²) in [6.07, 6.45) is 0. The fraction of sp³-hybridized carbons (Fsp3) is 0.0556. The van der Waals surface area contributed by atoms with Crippen LogP contribution in [0.1, 0.15) is 13.8 Å². The highest BCUT2D eigenvalue weighted by Crippen LogP contribution is 2.45. The molecule has 39 heavy (non-hydrogen) atoms. The lowest BCUT2D eigenvalue weighted by Gasteiger charge is -2.19. The Balaban J connectivity index is 0.00000135. The summed E-state index contributed by atoms with van der Waals surface area (Å²) in [5.74, 6) is 0. The number of nitro groups is 1. The predicted octanol–water partition coefficient (Wildman–Crippen LogP) is 10.5. The predicted molar refractivity (Wildman–Crippen MR) is 164 cm³/mol. The SMILES string of the molecule is CC.O=[N+]([O-])c1ccccc1-c1cc2ccc3c(-c4ccccc4)cc(-c4ccccc4)c4ccc(c1)c2c34. The van der Waals surface area contributed by atoms with Crippen LogP contribution >= 0.6 is 0 Å². The Kier molecular flexibility index (Phi) is 6.26. The molecule has 0 saturated heterocycles. The van der Waals surface area contributed by atoms with Crippen molar-refractivity contribution in [3.05, 3.63) is 138 Å². The summed E-state index contributed by atoms with van der Waals surface area (Å²) in [4.78, 5) is 11.4. The van der Waals surface area contributed by atoms with Crippen LogP contribution in [0, 0.1) is 10.1 Å². The largest absolute Gasteiger partial charge is 0.277 e. The Bertz CT molecular complexity index is 1840. The van der Waals surface area contributed by atoms with Crippen molar-refractivity contribution in [2.24, 2.45) is 0 Å². The summed E-state index contributed by atoms with van der Waals surface area (Å²) in [7, 11) is 0. The maximum atomic E-state index is 11.7. The van der Waals surface area contributed by atoms with Crippen molar-refractivity contribution in [1.29, 1.82) is 0 Å². The molecule has 0 aromatic heterocycles. The molecule has 0 unspecified atom stereocenters. The average Bonchev–Trinajstić information content (AvgIpc) is 3.01. The van der Waals surface area contributed by atoms with Crippen molar-refractivity contribution in [1.82, 2.24) is 0 Å². The van der Waals surface area contributed by atoms with Gasteiger partial charge in [0, 0.05) is 6.07 Å².